The Morgan fingerprint density at radius 3 is 3.00 bits per heavy atom. The van der Waals surface area contributed by atoms with Crippen LogP contribution >= 0.6 is 35.1 Å². The summed E-state index contributed by atoms with van der Waals surface area (Å²) in [5.41, 5.74) is 0.690. The van der Waals surface area contributed by atoms with Crippen LogP contribution < -0.4 is 0 Å². The summed E-state index contributed by atoms with van der Waals surface area (Å²) in [7, 11) is 0. The molecule has 0 bridgehead atoms. The molecule has 1 fully saturated rings. The number of benzene rings is 1. The van der Waals surface area contributed by atoms with Crippen molar-refractivity contribution in [1.29, 1.82) is 0 Å². The second-order valence-corrected chi connectivity index (χ2v) is 6.90. The van der Waals surface area contributed by atoms with Crippen LogP contribution in [0.4, 0.5) is 4.39 Å². The molecule has 1 aliphatic rings. The van der Waals surface area contributed by atoms with E-state index in [1.807, 2.05) is 11.8 Å². The van der Waals surface area contributed by atoms with Gasteiger partial charge < -0.3 is 5.11 Å². The van der Waals surface area contributed by atoms with Crippen LogP contribution in [0.15, 0.2) is 18.2 Å². The maximum absolute atomic E-state index is 13.1. The molecule has 1 N–H and O–H groups in total. The molecule has 94 valence electrons. The van der Waals surface area contributed by atoms with Gasteiger partial charge in [0.1, 0.15) is 5.82 Å². The van der Waals surface area contributed by atoms with E-state index in [0.29, 0.717) is 17.0 Å². The fourth-order valence-electron chi connectivity index (χ4n) is 1.78. The quantitative estimate of drug-likeness (QED) is 0.924. The minimum atomic E-state index is -0.452. The highest BCUT2D eigenvalue weighted by Gasteiger charge is 2.23. The maximum atomic E-state index is 13.1. The molecule has 0 amide bonds. The van der Waals surface area contributed by atoms with E-state index < -0.39 is 6.10 Å². The van der Waals surface area contributed by atoms with E-state index in [9.17, 15) is 9.50 Å². The van der Waals surface area contributed by atoms with Gasteiger partial charge in [-0.1, -0.05) is 11.6 Å². The van der Waals surface area contributed by atoms with Crippen molar-refractivity contribution < 1.29 is 9.50 Å². The number of thioether (sulfide) groups is 2. The van der Waals surface area contributed by atoms with Crippen LogP contribution in [-0.2, 0) is 6.42 Å². The Morgan fingerprint density at radius 2 is 2.29 bits per heavy atom. The lowest BCUT2D eigenvalue weighted by atomic mass is 10.1. The highest BCUT2D eigenvalue weighted by molar-refractivity contribution is 8.06. The van der Waals surface area contributed by atoms with Crippen LogP contribution in [0.25, 0.3) is 0 Å². The van der Waals surface area contributed by atoms with Crippen molar-refractivity contribution in [2.75, 3.05) is 17.3 Å². The standard InChI is InChI=1S/C12H14ClFOS2/c13-10-2-1-9(14)5-8(10)6-11(15)12-7-16-3-4-17-12/h1-2,5,11-12,15H,3-4,6-7H2. The molecule has 1 aromatic rings. The Balaban J connectivity index is 2.01. The second kappa shape index (κ2) is 6.32. The summed E-state index contributed by atoms with van der Waals surface area (Å²) in [6, 6.07) is 4.29. The first-order valence-electron chi connectivity index (χ1n) is 5.48. The molecule has 2 atom stereocenters. The van der Waals surface area contributed by atoms with Crippen molar-refractivity contribution >= 4 is 35.1 Å². The summed E-state index contributed by atoms with van der Waals surface area (Å²) in [5, 5.41) is 10.9. The van der Waals surface area contributed by atoms with Crippen LogP contribution in [0.2, 0.25) is 5.02 Å². The van der Waals surface area contributed by atoms with Crippen LogP contribution in [0, 0.1) is 5.82 Å². The van der Waals surface area contributed by atoms with Crippen molar-refractivity contribution in [3.63, 3.8) is 0 Å². The predicted molar refractivity (Wildman–Crippen MR) is 74.7 cm³/mol. The molecule has 1 saturated heterocycles. The van der Waals surface area contributed by atoms with E-state index >= 15 is 0 Å². The Bertz CT molecular complexity index is 383. The third-order valence-corrected chi connectivity index (χ3v) is 5.98. The van der Waals surface area contributed by atoms with Gasteiger partial charge in [-0.2, -0.15) is 23.5 Å². The van der Waals surface area contributed by atoms with E-state index in [0.717, 1.165) is 17.3 Å². The summed E-state index contributed by atoms with van der Waals surface area (Å²) in [6.07, 6.45) is -0.0263. The molecule has 17 heavy (non-hydrogen) atoms. The molecular formula is C12H14ClFOS2. The Morgan fingerprint density at radius 1 is 1.47 bits per heavy atom. The van der Waals surface area contributed by atoms with Gasteiger partial charge in [-0.05, 0) is 23.8 Å². The normalized spacial score (nSPS) is 22.4. The van der Waals surface area contributed by atoms with Crippen LogP contribution in [-0.4, -0.2) is 33.7 Å². The van der Waals surface area contributed by atoms with E-state index in [-0.39, 0.29) is 11.1 Å². The number of rotatable bonds is 3. The van der Waals surface area contributed by atoms with Crippen LogP contribution in [0.1, 0.15) is 5.56 Å². The van der Waals surface area contributed by atoms with Crippen molar-refractivity contribution in [1.82, 2.24) is 0 Å². The van der Waals surface area contributed by atoms with Gasteiger partial charge in [-0.25, -0.2) is 4.39 Å². The van der Waals surface area contributed by atoms with Gasteiger partial charge in [0, 0.05) is 34.0 Å². The third-order valence-electron chi connectivity index (χ3n) is 2.71. The average Bonchev–Trinajstić information content (AvgIpc) is 2.35. The van der Waals surface area contributed by atoms with Gasteiger partial charge in [-0.3, -0.25) is 0 Å². The molecular weight excluding hydrogens is 279 g/mol. The van der Waals surface area contributed by atoms with Crippen molar-refractivity contribution in [3.05, 3.63) is 34.6 Å². The largest absolute Gasteiger partial charge is 0.392 e. The molecule has 2 rings (SSSR count). The number of hydrogen-bond acceptors (Lipinski definition) is 3. The highest BCUT2D eigenvalue weighted by atomic mass is 35.5. The van der Waals surface area contributed by atoms with Gasteiger partial charge >= 0.3 is 0 Å². The van der Waals surface area contributed by atoms with Crippen molar-refractivity contribution in [2.45, 2.75) is 17.8 Å². The Hall–Kier alpha value is 0.1000. The van der Waals surface area contributed by atoms with Gasteiger partial charge in [0.15, 0.2) is 0 Å². The lowest BCUT2D eigenvalue weighted by Crippen LogP contribution is -2.30. The van der Waals surface area contributed by atoms with Gasteiger partial charge in [0.25, 0.3) is 0 Å². The summed E-state index contributed by atoms with van der Waals surface area (Å²) in [5.74, 6) is 2.87. The fourth-order valence-corrected chi connectivity index (χ4v) is 4.75. The van der Waals surface area contributed by atoms with Crippen molar-refractivity contribution in [2.24, 2.45) is 0 Å². The van der Waals surface area contributed by atoms with Gasteiger partial charge in [-0.15, -0.1) is 0 Å². The molecule has 1 aromatic carbocycles. The number of halogens is 2. The maximum Gasteiger partial charge on any atom is 0.123 e. The average molecular weight is 293 g/mol. The molecule has 0 saturated carbocycles. The van der Waals surface area contributed by atoms with E-state index in [4.69, 9.17) is 11.6 Å². The van der Waals surface area contributed by atoms with E-state index in [2.05, 4.69) is 0 Å². The van der Waals surface area contributed by atoms with Gasteiger partial charge in [0.2, 0.25) is 0 Å². The topological polar surface area (TPSA) is 20.2 Å². The molecule has 0 aliphatic carbocycles. The van der Waals surface area contributed by atoms with E-state index in [1.54, 1.807) is 17.8 Å². The smallest absolute Gasteiger partial charge is 0.123 e. The highest BCUT2D eigenvalue weighted by Crippen LogP contribution is 2.29. The number of aliphatic hydroxyl groups excluding tert-OH is 1. The molecule has 0 spiro atoms. The zero-order valence-corrected chi connectivity index (χ0v) is 11.6. The molecule has 5 heteroatoms. The SMILES string of the molecule is OC(Cc1cc(F)ccc1Cl)C1CSCCS1. The minimum Gasteiger partial charge on any atom is -0.392 e. The third kappa shape index (κ3) is 3.78. The van der Waals surface area contributed by atoms with E-state index in [1.165, 1.54) is 12.1 Å². The molecule has 1 aliphatic heterocycles. The Kier molecular flexibility index (Phi) is 5.03. The second-order valence-electron chi connectivity index (χ2n) is 3.99. The zero-order chi connectivity index (χ0) is 12.3. The first-order valence-corrected chi connectivity index (χ1v) is 8.06. The molecule has 0 aromatic heterocycles. The minimum absolute atomic E-state index is 0.230. The fraction of sp³-hybridized carbons (Fsp3) is 0.500. The lowest BCUT2D eigenvalue weighted by molar-refractivity contribution is 0.177. The Labute approximate surface area is 114 Å². The first-order chi connectivity index (χ1) is 8.16. The summed E-state index contributed by atoms with van der Waals surface area (Å²) < 4.78 is 13.1. The summed E-state index contributed by atoms with van der Waals surface area (Å²) in [4.78, 5) is 0. The number of aliphatic hydroxyl groups is 1. The molecule has 0 radical (unpaired) electrons. The van der Waals surface area contributed by atoms with Gasteiger partial charge in [0.05, 0.1) is 6.10 Å². The molecule has 1 heterocycles. The first kappa shape index (κ1) is 13.5. The molecule has 1 nitrogen and oxygen atoms in total. The monoisotopic (exact) mass is 292 g/mol. The number of hydrogen-bond donors (Lipinski definition) is 1. The predicted octanol–water partition coefficient (Wildman–Crippen LogP) is 3.23. The molecule has 2 unspecified atom stereocenters. The summed E-state index contributed by atoms with van der Waals surface area (Å²) in [6.45, 7) is 0. The van der Waals surface area contributed by atoms with Crippen LogP contribution in [0.3, 0.4) is 0 Å². The lowest BCUT2D eigenvalue weighted by Gasteiger charge is -2.26. The van der Waals surface area contributed by atoms with Crippen molar-refractivity contribution in [3.8, 4) is 0 Å². The zero-order valence-electron chi connectivity index (χ0n) is 9.23. The summed E-state index contributed by atoms with van der Waals surface area (Å²) >= 11 is 9.64. The van der Waals surface area contributed by atoms with Crippen LogP contribution in [0.5, 0.6) is 0 Å².